The maximum Gasteiger partial charge on any atom is 0.343 e. The van der Waals surface area contributed by atoms with Crippen LogP contribution in [0.1, 0.15) is 21.6 Å². The predicted molar refractivity (Wildman–Crippen MR) is 99.7 cm³/mol. The number of carbonyl (C=O) groups is 1. The number of hydrogen-bond donors (Lipinski definition) is 0. The van der Waals surface area contributed by atoms with Crippen molar-refractivity contribution in [2.75, 3.05) is 13.2 Å². The Morgan fingerprint density at radius 3 is 2.56 bits per heavy atom. The Balaban J connectivity index is 1.59. The van der Waals surface area contributed by atoms with Crippen LogP contribution in [0, 0.1) is 12.7 Å². The van der Waals surface area contributed by atoms with Crippen LogP contribution in [0.25, 0.3) is 0 Å². The van der Waals surface area contributed by atoms with Gasteiger partial charge in [0.1, 0.15) is 23.9 Å². The van der Waals surface area contributed by atoms with Gasteiger partial charge in [0.15, 0.2) is 11.6 Å². The lowest BCUT2D eigenvalue weighted by molar-refractivity contribution is 0.0447. The minimum absolute atomic E-state index is 0.0293. The third kappa shape index (κ3) is 4.65. The van der Waals surface area contributed by atoms with Gasteiger partial charge in [-0.3, -0.25) is 0 Å². The normalized spacial score (nSPS) is 10.6. The maximum atomic E-state index is 13.5. The topological polar surface area (TPSA) is 53.4 Å². The number of carbonyl (C=O) groups excluding carboxylic acids is 1. The van der Waals surface area contributed by atoms with Gasteiger partial charge in [0, 0.05) is 0 Å². The molecule has 1 heterocycles. The average molecular weight is 389 g/mol. The largest absolute Gasteiger partial charge is 0.487 e. The third-order valence-corrected chi connectivity index (χ3v) is 4.24. The van der Waals surface area contributed by atoms with Crippen molar-refractivity contribution in [2.24, 2.45) is 0 Å². The minimum Gasteiger partial charge on any atom is -0.487 e. The van der Waals surface area contributed by atoms with E-state index in [1.807, 2.05) is 30.3 Å². The molecule has 0 aliphatic carbocycles. The molecule has 0 radical (unpaired) electrons. The maximum absolute atomic E-state index is 13.5. The highest BCUT2D eigenvalue weighted by Gasteiger charge is 2.21. The van der Waals surface area contributed by atoms with E-state index in [-0.39, 0.29) is 29.7 Å². The van der Waals surface area contributed by atoms with E-state index in [4.69, 9.17) is 21.1 Å². The molecule has 0 N–H and O–H groups in total. The third-order valence-electron chi connectivity index (χ3n) is 3.86. The van der Waals surface area contributed by atoms with Crippen molar-refractivity contribution < 1.29 is 18.7 Å². The van der Waals surface area contributed by atoms with Gasteiger partial charge in [-0.25, -0.2) is 13.9 Å². The van der Waals surface area contributed by atoms with Gasteiger partial charge in [0.2, 0.25) is 0 Å². The van der Waals surface area contributed by atoms with Crippen LogP contribution < -0.4 is 4.74 Å². The molecule has 0 spiro atoms. The Kier molecular flexibility index (Phi) is 6.08. The highest BCUT2D eigenvalue weighted by Crippen LogP contribution is 2.22. The molecular formula is C20H18ClFN2O3. The number of esters is 1. The molecule has 7 heteroatoms. The fourth-order valence-corrected chi connectivity index (χ4v) is 2.88. The minimum atomic E-state index is -0.589. The molecule has 0 bridgehead atoms. The average Bonchev–Trinajstić information content (AvgIpc) is 2.94. The van der Waals surface area contributed by atoms with Crippen LogP contribution in [0.15, 0.2) is 54.6 Å². The molecule has 5 nitrogen and oxygen atoms in total. The van der Waals surface area contributed by atoms with Crippen molar-refractivity contribution >= 4 is 17.6 Å². The Labute approximate surface area is 161 Å². The fraction of sp³-hybridized carbons (Fsp3) is 0.200. The van der Waals surface area contributed by atoms with Crippen LogP contribution in [0.2, 0.25) is 5.15 Å². The van der Waals surface area contributed by atoms with Gasteiger partial charge < -0.3 is 9.47 Å². The van der Waals surface area contributed by atoms with Crippen LogP contribution in [0.4, 0.5) is 4.39 Å². The number of aryl methyl sites for hydroxylation is 1. The monoisotopic (exact) mass is 388 g/mol. The summed E-state index contributed by atoms with van der Waals surface area (Å²) < 4.78 is 25.5. The molecular weight excluding hydrogens is 371 g/mol. The van der Waals surface area contributed by atoms with E-state index >= 15 is 0 Å². The molecule has 3 rings (SSSR count). The van der Waals surface area contributed by atoms with Crippen LogP contribution >= 0.6 is 11.6 Å². The van der Waals surface area contributed by atoms with Crippen LogP contribution in [0.5, 0.6) is 5.75 Å². The van der Waals surface area contributed by atoms with Crippen molar-refractivity contribution in [3.8, 4) is 5.75 Å². The summed E-state index contributed by atoms with van der Waals surface area (Å²) in [6.07, 6.45) is 0. The van der Waals surface area contributed by atoms with Gasteiger partial charge in [-0.1, -0.05) is 54.1 Å². The van der Waals surface area contributed by atoms with E-state index < -0.39 is 11.8 Å². The molecule has 0 aliphatic rings. The quantitative estimate of drug-likeness (QED) is 0.448. The standard InChI is InChI=1S/C20H18ClFN2O3/c1-14-18(19(21)24(23-14)13-15-7-3-2-4-8-15)20(25)27-12-11-26-17-10-6-5-9-16(17)22/h2-10H,11-13H2,1H3. The molecule has 0 aliphatic heterocycles. The van der Waals surface area contributed by atoms with Gasteiger partial charge in [-0.15, -0.1) is 0 Å². The number of aromatic nitrogens is 2. The molecule has 0 unspecified atom stereocenters. The molecule has 27 heavy (non-hydrogen) atoms. The number of para-hydroxylation sites is 1. The summed E-state index contributed by atoms with van der Waals surface area (Å²) in [6, 6.07) is 15.7. The highest BCUT2D eigenvalue weighted by molar-refractivity contribution is 6.32. The van der Waals surface area contributed by atoms with Crippen molar-refractivity contribution in [3.05, 3.63) is 82.4 Å². The summed E-state index contributed by atoms with van der Waals surface area (Å²) in [7, 11) is 0. The van der Waals surface area contributed by atoms with Crippen LogP contribution in [0.3, 0.4) is 0 Å². The second-order valence-corrected chi connectivity index (χ2v) is 6.17. The molecule has 140 valence electrons. The Bertz CT molecular complexity index is 928. The molecule has 0 fully saturated rings. The second-order valence-electron chi connectivity index (χ2n) is 5.81. The van der Waals surface area contributed by atoms with Gasteiger partial charge in [0.05, 0.1) is 12.2 Å². The van der Waals surface area contributed by atoms with E-state index in [1.54, 1.807) is 23.7 Å². The van der Waals surface area contributed by atoms with Gasteiger partial charge >= 0.3 is 5.97 Å². The molecule has 0 saturated carbocycles. The number of ether oxygens (including phenoxy) is 2. The molecule has 0 atom stereocenters. The van der Waals surface area contributed by atoms with E-state index in [1.165, 1.54) is 12.1 Å². The zero-order valence-electron chi connectivity index (χ0n) is 14.7. The lowest BCUT2D eigenvalue weighted by Gasteiger charge is -2.08. The summed E-state index contributed by atoms with van der Waals surface area (Å²) in [5, 5.41) is 4.54. The summed E-state index contributed by atoms with van der Waals surface area (Å²) in [5.41, 5.74) is 1.72. The van der Waals surface area contributed by atoms with E-state index in [0.29, 0.717) is 12.2 Å². The van der Waals surface area contributed by atoms with Crippen LogP contribution in [-0.4, -0.2) is 29.0 Å². The number of rotatable bonds is 7. The zero-order chi connectivity index (χ0) is 19.2. The summed E-state index contributed by atoms with van der Waals surface area (Å²) in [4.78, 5) is 12.3. The van der Waals surface area contributed by atoms with Gasteiger partial charge in [-0.05, 0) is 24.6 Å². The first-order valence-electron chi connectivity index (χ1n) is 8.37. The van der Waals surface area contributed by atoms with Crippen molar-refractivity contribution in [3.63, 3.8) is 0 Å². The lowest BCUT2D eigenvalue weighted by Crippen LogP contribution is -2.13. The van der Waals surface area contributed by atoms with Gasteiger partial charge in [0.25, 0.3) is 0 Å². The number of hydrogen-bond acceptors (Lipinski definition) is 4. The summed E-state index contributed by atoms with van der Waals surface area (Å²) in [5.74, 6) is -0.947. The number of nitrogens with zero attached hydrogens (tertiary/aromatic N) is 2. The molecule has 3 aromatic rings. The molecule has 2 aromatic carbocycles. The zero-order valence-corrected chi connectivity index (χ0v) is 15.4. The number of benzene rings is 2. The smallest absolute Gasteiger partial charge is 0.343 e. The van der Waals surface area contributed by atoms with E-state index in [0.717, 1.165) is 5.56 Å². The summed E-state index contributed by atoms with van der Waals surface area (Å²) in [6.45, 7) is 2.14. The molecule has 0 amide bonds. The number of halogens is 2. The lowest BCUT2D eigenvalue weighted by atomic mass is 10.2. The van der Waals surface area contributed by atoms with Crippen molar-refractivity contribution in [1.29, 1.82) is 0 Å². The predicted octanol–water partition coefficient (Wildman–Crippen LogP) is 4.27. The van der Waals surface area contributed by atoms with E-state index in [2.05, 4.69) is 5.10 Å². The van der Waals surface area contributed by atoms with Gasteiger partial charge in [-0.2, -0.15) is 5.10 Å². The SMILES string of the molecule is Cc1nn(Cc2ccccc2)c(Cl)c1C(=O)OCCOc1ccccc1F. The molecule has 1 aromatic heterocycles. The first-order chi connectivity index (χ1) is 13.1. The highest BCUT2D eigenvalue weighted by atomic mass is 35.5. The Morgan fingerprint density at radius 1 is 1.11 bits per heavy atom. The van der Waals surface area contributed by atoms with E-state index in [9.17, 15) is 9.18 Å². The Hall–Kier alpha value is -2.86. The van der Waals surface area contributed by atoms with Crippen LogP contribution in [-0.2, 0) is 11.3 Å². The second kappa shape index (κ2) is 8.68. The van der Waals surface area contributed by atoms with Crippen molar-refractivity contribution in [2.45, 2.75) is 13.5 Å². The first kappa shape index (κ1) is 18.9. The fourth-order valence-electron chi connectivity index (χ4n) is 2.57. The Morgan fingerprint density at radius 2 is 1.81 bits per heavy atom. The molecule has 0 saturated heterocycles. The first-order valence-corrected chi connectivity index (χ1v) is 8.75. The van der Waals surface area contributed by atoms with Crippen molar-refractivity contribution in [1.82, 2.24) is 9.78 Å². The summed E-state index contributed by atoms with van der Waals surface area (Å²) >= 11 is 6.32.